The summed E-state index contributed by atoms with van der Waals surface area (Å²) < 4.78 is 0. The summed E-state index contributed by atoms with van der Waals surface area (Å²) >= 11 is 0. The zero-order valence-corrected chi connectivity index (χ0v) is 25.6. The Hall–Kier alpha value is -2.51. The fourth-order valence-electron chi connectivity index (χ4n) is 6.35. The van der Waals surface area contributed by atoms with E-state index in [-0.39, 0.29) is 0 Å². The third-order valence-electron chi connectivity index (χ3n) is 8.97. The van der Waals surface area contributed by atoms with Crippen LogP contribution in [0.5, 0.6) is 0 Å². The lowest BCUT2D eigenvalue weighted by molar-refractivity contribution is 0.198. The van der Waals surface area contributed by atoms with Crippen LogP contribution in [0.15, 0.2) is 113 Å². The van der Waals surface area contributed by atoms with Gasteiger partial charge in [-0.15, -0.1) is 0 Å². The molecule has 0 heterocycles. The molecule has 2 atom stereocenters. The Morgan fingerprint density at radius 1 is 0.475 bits per heavy atom. The minimum atomic E-state index is -1.71. The lowest BCUT2D eigenvalue weighted by atomic mass is 9.82. The molecule has 3 aromatic carbocycles. The average molecular weight is 556 g/mol. The first-order valence-corrected chi connectivity index (χ1v) is 17.2. The van der Waals surface area contributed by atoms with Gasteiger partial charge in [0.1, 0.15) is 23.2 Å². The van der Waals surface area contributed by atoms with Crippen LogP contribution in [0.3, 0.4) is 0 Å². The predicted molar refractivity (Wildman–Crippen MR) is 175 cm³/mol. The molecule has 0 saturated heterocycles. The highest BCUT2D eigenvalue weighted by atomic mass is 31.2. The molecule has 0 aliphatic heterocycles. The van der Waals surface area contributed by atoms with E-state index in [4.69, 9.17) is 0 Å². The van der Waals surface area contributed by atoms with Crippen LogP contribution in [0.2, 0.25) is 0 Å². The van der Waals surface area contributed by atoms with Gasteiger partial charge in [-0.1, -0.05) is 86.7 Å². The van der Waals surface area contributed by atoms with Crippen molar-refractivity contribution in [1.29, 1.82) is 0 Å². The molecular formula is C37H48O2P+. The second kappa shape index (κ2) is 14.9. The first-order chi connectivity index (χ1) is 19.5. The van der Waals surface area contributed by atoms with Gasteiger partial charge in [0.15, 0.2) is 0 Å². The third kappa shape index (κ3) is 7.03. The molecule has 0 fully saturated rings. The number of aliphatic hydroxyl groups excluding tert-OH is 2. The molecule has 1 aliphatic rings. The predicted octanol–water partition coefficient (Wildman–Crippen LogP) is 7.88. The Labute approximate surface area is 243 Å². The van der Waals surface area contributed by atoms with E-state index in [1.54, 1.807) is 0 Å². The molecule has 0 radical (unpaired) electrons. The summed E-state index contributed by atoms with van der Waals surface area (Å²) in [5.74, 6) is 0. The number of hydrogen-bond acceptors (Lipinski definition) is 2. The third-order valence-corrected chi connectivity index (χ3v) is 13.5. The Kier molecular flexibility index (Phi) is 11.4. The van der Waals surface area contributed by atoms with E-state index >= 15 is 0 Å². The quantitative estimate of drug-likeness (QED) is 0.121. The molecular weight excluding hydrogens is 507 g/mol. The smallest absolute Gasteiger partial charge is 0.112 e. The van der Waals surface area contributed by atoms with Crippen LogP contribution in [0.4, 0.5) is 0 Å². The van der Waals surface area contributed by atoms with Gasteiger partial charge < -0.3 is 10.2 Å². The van der Waals surface area contributed by atoms with E-state index in [9.17, 15) is 10.2 Å². The van der Waals surface area contributed by atoms with Gasteiger partial charge in [0.2, 0.25) is 0 Å². The largest absolute Gasteiger partial charge is 0.384 e. The monoisotopic (exact) mass is 555 g/mol. The van der Waals surface area contributed by atoms with Gasteiger partial charge in [0.25, 0.3) is 0 Å². The van der Waals surface area contributed by atoms with E-state index in [2.05, 4.69) is 91.0 Å². The molecule has 212 valence electrons. The second-order valence-corrected chi connectivity index (χ2v) is 15.1. The van der Waals surface area contributed by atoms with Crippen LogP contribution in [-0.4, -0.2) is 28.6 Å². The van der Waals surface area contributed by atoms with E-state index in [0.29, 0.717) is 0 Å². The van der Waals surface area contributed by atoms with Crippen LogP contribution in [-0.2, 0) is 0 Å². The summed E-state index contributed by atoms with van der Waals surface area (Å²) in [7, 11) is -1.71. The van der Waals surface area contributed by atoms with Gasteiger partial charge in [0.05, 0.1) is 18.4 Å². The maximum atomic E-state index is 10.7. The van der Waals surface area contributed by atoms with Gasteiger partial charge in [0, 0.05) is 0 Å². The maximum absolute atomic E-state index is 10.7. The molecule has 0 saturated carbocycles. The zero-order valence-electron chi connectivity index (χ0n) is 24.7. The number of unbranched alkanes of at least 4 members (excludes halogenated alkanes) is 7. The molecule has 1 aliphatic carbocycles. The molecule has 0 aromatic heterocycles. The summed E-state index contributed by atoms with van der Waals surface area (Å²) in [6.45, 7) is 5.85. The Morgan fingerprint density at radius 2 is 0.850 bits per heavy atom. The lowest BCUT2D eigenvalue weighted by Gasteiger charge is -2.30. The standard InChI is InChI=1S/C37H48O2P/c1-29-30(2)37(39)35(31(3)36(29)38)27-19-8-6-4-5-7-9-20-28-40(32-21-13-10-14-22-32,33-23-15-11-16-24-33)34-25-17-12-18-26-34/h10-18,21-26,36-39H,4-9,19-20,27-28H2,1-3H3/q+1. The van der Waals surface area contributed by atoms with Crippen LogP contribution < -0.4 is 15.9 Å². The second-order valence-electron chi connectivity index (χ2n) is 11.5. The minimum Gasteiger partial charge on any atom is -0.384 e. The van der Waals surface area contributed by atoms with Crippen molar-refractivity contribution in [3.63, 3.8) is 0 Å². The van der Waals surface area contributed by atoms with Crippen molar-refractivity contribution in [2.75, 3.05) is 6.16 Å². The molecule has 0 bridgehead atoms. The van der Waals surface area contributed by atoms with Gasteiger partial charge in [-0.25, -0.2) is 0 Å². The SMILES string of the molecule is CC1=C(C)C(O)C(CCCCCCCCCC[P+](c2ccccc2)(c2ccccc2)c2ccccc2)=C(C)C1O. The molecule has 3 heteroatoms. The van der Waals surface area contributed by atoms with E-state index < -0.39 is 19.5 Å². The molecule has 2 nitrogen and oxygen atoms in total. The molecule has 3 aromatic rings. The maximum Gasteiger partial charge on any atom is 0.112 e. The summed E-state index contributed by atoms with van der Waals surface area (Å²) in [4.78, 5) is 0. The Balaban J connectivity index is 1.27. The summed E-state index contributed by atoms with van der Waals surface area (Å²) in [5, 5.41) is 25.6. The topological polar surface area (TPSA) is 40.5 Å². The van der Waals surface area contributed by atoms with Crippen molar-refractivity contribution in [2.24, 2.45) is 0 Å². The van der Waals surface area contributed by atoms with Crippen LogP contribution >= 0.6 is 7.26 Å². The Bertz CT molecular complexity index is 1150. The van der Waals surface area contributed by atoms with Gasteiger partial charge in [-0.2, -0.15) is 0 Å². The Morgan fingerprint density at radius 3 is 1.30 bits per heavy atom. The molecule has 40 heavy (non-hydrogen) atoms. The lowest BCUT2D eigenvalue weighted by Crippen LogP contribution is -2.33. The van der Waals surface area contributed by atoms with E-state index in [0.717, 1.165) is 35.1 Å². The number of benzene rings is 3. The van der Waals surface area contributed by atoms with Crippen LogP contribution in [0, 0.1) is 0 Å². The van der Waals surface area contributed by atoms with Crippen LogP contribution in [0.25, 0.3) is 0 Å². The highest BCUT2D eigenvalue weighted by molar-refractivity contribution is 7.95. The van der Waals surface area contributed by atoms with Gasteiger partial charge in [-0.05, 0) is 105 Å². The van der Waals surface area contributed by atoms with Crippen molar-refractivity contribution in [3.05, 3.63) is 113 Å². The highest BCUT2D eigenvalue weighted by Crippen LogP contribution is 2.56. The summed E-state index contributed by atoms with van der Waals surface area (Å²) in [6, 6.07) is 33.6. The van der Waals surface area contributed by atoms with Crippen LogP contribution in [0.1, 0.15) is 78.6 Å². The first kappa shape index (κ1) is 30.4. The van der Waals surface area contributed by atoms with Crippen molar-refractivity contribution in [3.8, 4) is 0 Å². The number of rotatable bonds is 14. The molecule has 2 unspecified atom stereocenters. The highest BCUT2D eigenvalue weighted by Gasteiger charge is 2.44. The minimum absolute atomic E-state index is 0.513. The molecule has 4 rings (SSSR count). The normalized spacial score (nSPS) is 17.9. The fraction of sp³-hybridized carbons (Fsp3) is 0.405. The van der Waals surface area contributed by atoms with Crippen molar-refractivity contribution in [1.82, 2.24) is 0 Å². The molecule has 2 N–H and O–H groups in total. The van der Waals surface area contributed by atoms with E-state index in [1.165, 1.54) is 67.0 Å². The fourth-order valence-corrected chi connectivity index (χ4v) is 10.8. The van der Waals surface area contributed by atoms with Gasteiger partial charge >= 0.3 is 0 Å². The van der Waals surface area contributed by atoms with Crippen molar-refractivity contribution >= 4 is 23.2 Å². The van der Waals surface area contributed by atoms with Crippen molar-refractivity contribution in [2.45, 2.75) is 90.8 Å². The van der Waals surface area contributed by atoms with E-state index in [1.807, 2.05) is 20.8 Å². The number of hydrogen-bond donors (Lipinski definition) is 2. The average Bonchev–Trinajstić information content (AvgIpc) is 3.01. The molecule has 0 amide bonds. The number of aliphatic hydroxyl groups is 2. The van der Waals surface area contributed by atoms with Crippen molar-refractivity contribution < 1.29 is 10.2 Å². The zero-order chi connectivity index (χ0) is 28.4. The summed E-state index contributed by atoms with van der Waals surface area (Å²) in [6.07, 6.45) is 10.9. The molecule has 0 spiro atoms. The summed E-state index contributed by atoms with van der Waals surface area (Å²) in [5.41, 5.74) is 3.82. The first-order valence-electron chi connectivity index (χ1n) is 15.2. The van der Waals surface area contributed by atoms with Gasteiger partial charge in [-0.3, -0.25) is 0 Å².